The zero-order valence-electron chi connectivity index (χ0n) is 5.96. The Labute approximate surface area is 55.6 Å². The van der Waals surface area contributed by atoms with Gasteiger partial charge in [0.25, 0.3) is 0 Å². The molecule has 0 aliphatic heterocycles. The molecule has 0 saturated heterocycles. The van der Waals surface area contributed by atoms with Crippen LogP contribution in [0.15, 0.2) is 0 Å². The second-order valence-electron chi connectivity index (χ2n) is 5.18. The van der Waals surface area contributed by atoms with E-state index in [2.05, 4.69) is 13.8 Å². The van der Waals surface area contributed by atoms with Crippen LogP contribution in [0.1, 0.15) is 13.8 Å². The Morgan fingerprint density at radius 1 is 0.778 bits per heavy atom. The summed E-state index contributed by atoms with van der Waals surface area (Å²) in [6, 6.07) is 0. The Morgan fingerprint density at radius 3 is 1.56 bits per heavy atom. The first-order valence-corrected chi connectivity index (χ1v) is 4.24. The Morgan fingerprint density at radius 2 is 1.22 bits per heavy atom. The zero-order valence-corrected chi connectivity index (χ0v) is 5.96. The summed E-state index contributed by atoms with van der Waals surface area (Å²) in [4.78, 5) is 0. The molecule has 0 aromatic heterocycles. The van der Waals surface area contributed by atoms with Gasteiger partial charge in [-0.3, -0.25) is 0 Å². The Kier molecular flexibility index (Phi) is 0.302. The van der Waals surface area contributed by atoms with Gasteiger partial charge in [-0.15, -0.1) is 0 Å². The Balaban J connectivity index is 1.88. The average molecular weight is 120 g/mol. The maximum Gasteiger partial charge on any atom is -0.0286 e. The van der Waals surface area contributed by atoms with E-state index in [0.29, 0.717) is 0 Å². The molecule has 0 heteroatoms. The van der Waals surface area contributed by atoms with Crippen LogP contribution in [0.3, 0.4) is 0 Å². The van der Waals surface area contributed by atoms with Crippen molar-refractivity contribution in [2.24, 2.45) is 40.9 Å². The van der Waals surface area contributed by atoms with Crippen LogP contribution in [-0.4, -0.2) is 0 Å². The highest BCUT2D eigenvalue weighted by Crippen LogP contribution is 2.97. The monoisotopic (exact) mass is 120 g/mol. The summed E-state index contributed by atoms with van der Waals surface area (Å²) >= 11 is 0. The van der Waals surface area contributed by atoms with Crippen molar-refractivity contribution in [2.45, 2.75) is 13.8 Å². The minimum atomic E-state index is 0.804. The summed E-state index contributed by atoms with van der Waals surface area (Å²) in [6.45, 7) is 4.94. The van der Waals surface area contributed by atoms with Crippen LogP contribution in [0.4, 0.5) is 0 Å². The minimum Gasteiger partial charge on any atom is -0.0593 e. The quantitative estimate of drug-likeness (QED) is 0.457. The van der Waals surface area contributed by atoms with E-state index in [9.17, 15) is 0 Å². The van der Waals surface area contributed by atoms with Crippen molar-refractivity contribution in [1.29, 1.82) is 0 Å². The topological polar surface area (TPSA) is 0 Å². The van der Waals surface area contributed by atoms with Crippen molar-refractivity contribution in [2.75, 3.05) is 0 Å². The van der Waals surface area contributed by atoms with Gasteiger partial charge < -0.3 is 0 Å². The standard InChI is InChI=1S/C9H12/c1-9(2)7-5-3-4(5)6(3)8(7)9/h3-8H,1-2H3/t3?,4?,5?,6?,7-,8+. The summed E-state index contributed by atoms with van der Waals surface area (Å²) in [5.41, 5.74) is 0.804. The normalized spacial score (nSPS) is 83.3. The molecule has 0 aromatic carbocycles. The Bertz CT molecular complexity index is 186. The maximum absolute atomic E-state index is 2.47. The minimum absolute atomic E-state index is 0.804. The van der Waals surface area contributed by atoms with Crippen LogP contribution in [0.2, 0.25) is 0 Å². The van der Waals surface area contributed by atoms with E-state index in [-0.39, 0.29) is 0 Å². The van der Waals surface area contributed by atoms with Gasteiger partial charge in [-0.2, -0.15) is 0 Å². The first-order valence-electron chi connectivity index (χ1n) is 4.24. The molecule has 5 rings (SSSR count). The molecule has 0 radical (unpaired) electrons. The van der Waals surface area contributed by atoms with Gasteiger partial charge in [0.15, 0.2) is 0 Å². The molecule has 0 N–H and O–H groups in total. The van der Waals surface area contributed by atoms with Gasteiger partial charge in [0.2, 0.25) is 0 Å². The molecule has 2 unspecified atom stereocenters. The predicted octanol–water partition coefficient (Wildman–Crippen LogP) is 1.76. The van der Waals surface area contributed by atoms with Gasteiger partial charge in [0.05, 0.1) is 0 Å². The van der Waals surface area contributed by atoms with Crippen LogP contribution in [0.5, 0.6) is 0 Å². The molecule has 5 aliphatic carbocycles. The van der Waals surface area contributed by atoms with E-state index in [1.54, 1.807) is 0 Å². The number of hydrogen-bond donors (Lipinski definition) is 0. The van der Waals surface area contributed by atoms with Crippen LogP contribution < -0.4 is 0 Å². The lowest BCUT2D eigenvalue weighted by Crippen LogP contribution is -2.06. The van der Waals surface area contributed by atoms with Crippen molar-refractivity contribution >= 4 is 0 Å². The fourth-order valence-electron chi connectivity index (χ4n) is 4.28. The molecule has 2 bridgehead atoms. The first kappa shape index (κ1) is 4.00. The molecule has 48 valence electrons. The number of hydrogen-bond acceptors (Lipinski definition) is 0. The Hall–Kier alpha value is 0. The third-order valence-electron chi connectivity index (χ3n) is 4.77. The lowest BCUT2D eigenvalue weighted by Gasteiger charge is -2.11. The molecule has 0 amide bonds. The molecule has 5 fully saturated rings. The summed E-state index contributed by atoms with van der Waals surface area (Å²) in [6.07, 6.45) is 0. The molecule has 4 atom stereocenters. The summed E-state index contributed by atoms with van der Waals surface area (Å²) in [5, 5.41) is 0. The largest absolute Gasteiger partial charge is 0.0593 e. The van der Waals surface area contributed by atoms with Gasteiger partial charge in [0, 0.05) is 0 Å². The molecular weight excluding hydrogens is 108 g/mol. The second kappa shape index (κ2) is 0.681. The van der Waals surface area contributed by atoms with E-state index in [1.807, 2.05) is 0 Å². The van der Waals surface area contributed by atoms with Crippen molar-refractivity contribution in [3.05, 3.63) is 0 Å². The lowest BCUT2D eigenvalue weighted by atomic mass is 9.93. The molecule has 0 nitrogen and oxygen atoms in total. The van der Waals surface area contributed by atoms with Gasteiger partial charge >= 0.3 is 0 Å². The predicted molar refractivity (Wildman–Crippen MR) is 34.7 cm³/mol. The van der Waals surface area contributed by atoms with Crippen molar-refractivity contribution in [1.82, 2.24) is 0 Å². The highest BCUT2D eigenvalue weighted by Gasteiger charge is 2.93. The average Bonchev–Trinajstić information content (AvgIpc) is 2.60. The van der Waals surface area contributed by atoms with Crippen LogP contribution in [-0.2, 0) is 0 Å². The maximum atomic E-state index is 2.47. The molecule has 9 heavy (non-hydrogen) atoms. The van der Waals surface area contributed by atoms with Crippen molar-refractivity contribution < 1.29 is 0 Å². The van der Waals surface area contributed by atoms with E-state index in [1.165, 1.54) is 35.5 Å². The van der Waals surface area contributed by atoms with Crippen LogP contribution in [0.25, 0.3) is 0 Å². The summed E-state index contributed by atoms with van der Waals surface area (Å²) < 4.78 is 0. The third kappa shape index (κ3) is 0.199. The van der Waals surface area contributed by atoms with E-state index >= 15 is 0 Å². The molecule has 5 saturated carbocycles. The summed E-state index contributed by atoms with van der Waals surface area (Å²) in [5.74, 6) is 7.50. The van der Waals surface area contributed by atoms with Crippen LogP contribution in [0, 0.1) is 40.9 Å². The fraction of sp³-hybridized carbons (Fsp3) is 1.00. The molecule has 0 aromatic rings. The van der Waals surface area contributed by atoms with Gasteiger partial charge in [-0.1, -0.05) is 13.8 Å². The van der Waals surface area contributed by atoms with E-state index in [0.717, 1.165) is 5.41 Å². The molecule has 0 heterocycles. The smallest absolute Gasteiger partial charge is 0.0286 e. The number of rotatable bonds is 0. The fourth-order valence-corrected chi connectivity index (χ4v) is 4.28. The van der Waals surface area contributed by atoms with Gasteiger partial charge in [-0.05, 0) is 40.9 Å². The molecule has 0 spiro atoms. The first-order chi connectivity index (χ1) is 4.24. The third-order valence-corrected chi connectivity index (χ3v) is 4.77. The SMILES string of the molecule is CC1(C)[C@@H]2C3C4C3C4[C@@H]21. The molecular formula is C9H12. The van der Waals surface area contributed by atoms with E-state index in [4.69, 9.17) is 0 Å². The van der Waals surface area contributed by atoms with Crippen molar-refractivity contribution in [3.63, 3.8) is 0 Å². The van der Waals surface area contributed by atoms with Gasteiger partial charge in [-0.25, -0.2) is 0 Å². The second-order valence-corrected chi connectivity index (χ2v) is 5.18. The summed E-state index contributed by atoms with van der Waals surface area (Å²) in [7, 11) is 0. The molecule has 5 aliphatic rings. The highest BCUT2D eigenvalue weighted by molar-refractivity contribution is 5.40. The van der Waals surface area contributed by atoms with Gasteiger partial charge in [0.1, 0.15) is 0 Å². The van der Waals surface area contributed by atoms with Crippen molar-refractivity contribution in [3.8, 4) is 0 Å². The van der Waals surface area contributed by atoms with Crippen LogP contribution >= 0.6 is 0 Å². The highest BCUT2D eigenvalue weighted by atomic mass is 15.0. The van der Waals surface area contributed by atoms with E-state index < -0.39 is 0 Å². The zero-order chi connectivity index (χ0) is 5.96. The lowest BCUT2D eigenvalue weighted by molar-refractivity contribution is 0.365.